The quantitative estimate of drug-likeness (QED) is 0.508. The Bertz CT molecular complexity index is 1010. The number of carboxylic acid groups (broad SMARTS) is 1. The molecule has 180 valence electrons. The van der Waals surface area contributed by atoms with Gasteiger partial charge < -0.3 is 20.5 Å². The van der Waals surface area contributed by atoms with Crippen molar-refractivity contribution in [2.75, 3.05) is 13.2 Å². The molecule has 3 N–H and O–H groups in total. The summed E-state index contributed by atoms with van der Waals surface area (Å²) in [5.74, 6) is -1.15. The summed E-state index contributed by atoms with van der Waals surface area (Å²) >= 11 is 0. The number of nitrogens with one attached hydrogen (secondary N) is 2. The van der Waals surface area contributed by atoms with Crippen molar-refractivity contribution in [1.29, 1.82) is 0 Å². The Kier molecular flexibility index (Phi) is 7.20. The molecule has 1 unspecified atom stereocenters. The van der Waals surface area contributed by atoms with Crippen LogP contribution in [0.5, 0.6) is 0 Å². The lowest BCUT2D eigenvalue weighted by Gasteiger charge is -2.24. The highest BCUT2D eigenvalue weighted by Crippen LogP contribution is 2.44. The van der Waals surface area contributed by atoms with Crippen LogP contribution in [-0.4, -0.2) is 42.3 Å². The van der Waals surface area contributed by atoms with E-state index >= 15 is 0 Å². The summed E-state index contributed by atoms with van der Waals surface area (Å²) < 4.78 is 5.58. The second-order valence-corrected chi connectivity index (χ2v) is 9.35. The molecule has 0 radical (unpaired) electrons. The molecule has 1 atom stereocenters. The minimum atomic E-state index is -0.863. The molecule has 0 bridgehead atoms. The summed E-state index contributed by atoms with van der Waals surface area (Å²) in [6, 6.07) is 15.9. The maximum atomic E-state index is 12.5. The van der Waals surface area contributed by atoms with E-state index in [1.165, 1.54) is 0 Å². The number of ether oxygens (including phenoxy) is 1. The van der Waals surface area contributed by atoms with Crippen molar-refractivity contribution >= 4 is 18.0 Å². The highest BCUT2D eigenvalue weighted by Gasteiger charge is 2.41. The van der Waals surface area contributed by atoms with Crippen molar-refractivity contribution in [1.82, 2.24) is 10.6 Å². The molecule has 7 heteroatoms. The van der Waals surface area contributed by atoms with Gasteiger partial charge in [0.05, 0.1) is 5.41 Å². The van der Waals surface area contributed by atoms with Crippen LogP contribution in [0.15, 0.2) is 48.5 Å². The molecule has 34 heavy (non-hydrogen) atoms. The monoisotopic (exact) mass is 464 g/mol. The van der Waals surface area contributed by atoms with Gasteiger partial charge in [-0.25, -0.2) is 4.79 Å². The van der Waals surface area contributed by atoms with Crippen LogP contribution in [0.3, 0.4) is 0 Å². The van der Waals surface area contributed by atoms with E-state index in [2.05, 4.69) is 34.9 Å². The van der Waals surface area contributed by atoms with Crippen LogP contribution < -0.4 is 10.6 Å². The van der Waals surface area contributed by atoms with Crippen molar-refractivity contribution < 1.29 is 24.2 Å². The normalized spacial score (nSPS) is 16.9. The number of hydrogen-bond donors (Lipinski definition) is 3. The molecule has 0 spiro atoms. The molecule has 0 aromatic heterocycles. The molecule has 1 fully saturated rings. The van der Waals surface area contributed by atoms with Crippen molar-refractivity contribution in [3.05, 3.63) is 59.7 Å². The van der Waals surface area contributed by atoms with E-state index in [-0.39, 0.29) is 37.4 Å². The fourth-order valence-corrected chi connectivity index (χ4v) is 5.19. The minimum absolute atomic E-state index is 0.0276. The fraction of sp³-hybridized carbons (Fsp3) is 0.444. The number of aliphatic carboxylic acids is 1. The highest BCUT2D eigenvalue weighted by atomic mass is 16.5. The number of amides is 2. The molecule has 2 aromatic rings. The third kappa shape index (κ3) is 4.93. The van der Waals surface area contributed by atoms with Crippen molar-refractivity contribution in [3.63, 3.8) is 0 Å². The standard InChI is InChI=1S/C27H32N2O5/c1-2-18(15-24(30)28-17-27(25(31)32)13-7-8-14-27)29-26(33)34-16-23-21-11-5-3-9-19(21)20-10-4-6-12-22(20)23/h3-6,9-12,18,23H,2,7-8,13-17H2,1H3,(H,28,30)(H,29,33)(H,31,32). The largest absolute Gasteiger partial charge is 0.481 e. The van der Waals surface area contributed by atoms with Gasteiger partial charge in [-0.15, -0.1) is 0 Å². The van der Waals surface area contributed by atoms with E-state index in [1.54, 1.807) is 0 Å². The Balaban J connectivity index is 1.29. The zero-order chi connectivity index (χ0) is 24.1. The first-order chi connectivity index (χ1) is 16.4. The lowest BCUT2D eigenvalue weighted by molar-refractivity contribution is -0.148. The molecule has 0 heterocycles. The Morgan fingerprint density at radius 2 is 1.62 bits per heavy atom. The zero-order valence-corrected chi connectivity index (χ0v) is 19.5. The number of hydrogen-bond acceptors (Lipinski definition) is 4. The van der Waals surface area contributed by atoms with Crippen LogP contribution in [0.2, 0.25) is 0 Å². The molecule has 0 saturated heterocycles. The van der Waals surface area contributed by atoms with Gasteiger partial charge in [0, 0.05) is 24.9 Å². The minimum Gasteiger partial charge on any atom is -0.481 e. The van der Waals surface area contributed by atoms with E-state index in [1.807, 2.05) is 31.2 Å². The van der Waals surface area contributed by atoms with Crippen LogP contribution in [0.1, 0.15) is 62.5 Å². The van der Waals surface area contributed by atoms with E-state index < -0.39 is 17.5 Å². The molecule has 7 nitrogen and oxygen atoms in total. The number of carboxylic acids is 1. The first-order valence-corrected chi connectivity index (χ1v) is 12.0. The highest BCUT2D eigenvalue weighted by molar-refractivity contribution is 5.81. The summed E-state index contributed by atoms with van der Waals surface area (Å²) in [7, 11) is 0. The molecule has 2 aliphatic rings. The van der Waals surface area contributed by atoms with Crippen LogP contribution >= 0.6 is 0 Å². The maximum absolute atomic E-state index is 12.5. The second-order valence-electron chi connectivity index (χ2n) is 9.35. The van der Waals surface area contributed by atoms with Gasteiger partial charge in [0.1, 0.15) is 6.61 Å². The number of rotatable bonds is 9. The second kappa shape index (κ2) is 10.3. The van der Waals surface area contributed by atoms with Gasteiger partial charge in [0.15, 0.2) is 0 Å². The van der Waals surface area contributed by atoms with E-state index in [4.69, 9.17) is 4.74 Å². The molecular formula is C27H32N2O5. The van der Waals surface area contributed by atoms with E-state index in [0.29, 0.717) is 19.3 Å². The Morgan fingerprint density at radius 1 is 1.03 bits per heavy atom. The van der Waals surface area contributed by atoms with Gasteiger partial charge in [-0.2, -0.15) is 0 Å². The lowest BCUT2D eigenvalue weighted by atomic mass is 9.86. The summed E-state index contributed by atoms with van der Waals surface area (Å²) in [5, 5.41) is 15.1. The van der Waals surface area contributed by atoms with Crippen molar-refractivity contribution in [2.24, 2.45) is 5.41 Å². The van der Waals surface area contributed by atoms with Gasteiger partial charge >= 0.3 is 12.1 Å². The predicted octanol–water partition coefficient (Wildman–Crippen LogP) is 4.46. The number of fused-ring (bicyclic) bond motifs is 3. The van der Waals surface area contributed by atoms with E-state index in [0.717, 1.165) is 35.1 Å². The topological polar surface area (TPSA) is 105 Å². The number of alkyl carbamates (subject to hydrolysis) is 1. The van der Waals surface area contributed by atoms with Crippen LogP contribution in [0.4, 0.5) is 4.79 Å². The molecule has 0 aliphatic heterocycles. The Hall–Kier alpha value is -3.35. The van der Waals surface area contributed by atoms with Crippen LogP contribution in [0, 0.1) is 5.41 Å². The van der Waals surface area contributed by atoms with Crippen LogP contribution in [-0.2, 0) is 14.3 Å². The lowest BCUT2D eigenvalue weighted by Crippen LogP contribution is -2.44. The summed E-state index contributed by atoms with van der Waals surface area (Å²) in [5.41, 5.74) is 3.75. The third-order valence-electron chi connectivity index (χ3n) is 7.23. The van der Waals surface area contributed by atoms with Gasteiger partial charge in [-0.05, 0) is 41.5 Å². The maximum Gasteiger partial charge on any atom is 0.407 e. The van der Waals surface area contributed by atoms with Crippen molar-refractivity contribution in [2.45, 2.75) is 57.4 Å². The van der Waals surface area contributed by atoms with Gasteiger partial charge in [-0.1, -0.05) is 68.3 Å². The SMILES string of the molecule is CCC(CC(=O)NCC1(C(=O)O)CCCC1)NC(=O)OCC1c2ccccc2-c2ccccc21. The zero-order valence-electron chi connectivity index (χ0n) is 19.5. The van der Waals surface area contributed by atoms with Gasteiger partial charge in [-0.3, -0.25) is 9.59 Å². The van der Waals surface area contributed by atoms with Crippen molar-refractivity contribution in [3.8, 4) is 11.1 Å². The summed E-state index contributed by atoms with van der Waals surface area (Å²) in [4.78, 5) is 36.7. The smallest absolute Gasteiger partial charge is 0.407 e. The Labute approximate surface area is 199 Å². The fourth-order valence-electron chi connectivity index (χ4n) is 5.19. The average molecular weight is 465 g/mol. The summed E-state index contributed by atoms with van der Waals surface area (Å²) in [6.07, 6.45) is 2.97. The average Bonchev–Trinajstić information content (AvgIpc) is 3.45. The molecule has 1 saturated carbocycles. The Morgan fingerprint density at radius 3 is 2.18 bits per heavy atom. The first-order valence-electron chi connectivity index (χ1n) is 12.0. The van der Waals surface area contributed by atoms with Crippen LogP contribution in [0.25, 0.3) is 11.1 Å². The molecule has 2 aliphatic carbocycles. The first kappa shape index (κ1) is 23.8. The summed E-state index contributed by atoms with van der Waals surface area (Å²) in [6.45, 7) is 2.23. The van der Waals surface area contributed by atoms with Gasteiger partial charge in [0.2, 0.25) is 5.91 Å². The molecule has 2 amide bonds. The number of carbonyl (C=O) groups is 3. The number of carbonyl (C=O) groups excluding carboxylic acids is 2. The molecule has 4 rings (SSSR count). The van der Waals surface area contributed by atoms with Gasteiger partial charge in [0.25, 0.3) is 0 Å². The predicted molar refractivity (Wildman–Crippen MR) is 128 cm³/mol. The third-order valence-corrected chi connectivity index (χ3v) is 7.23. The molecule has 2 aromatic carbocycles. The number of benzene rings is 2. The molecular weight excluding hydrogens is 432 g/mol. The van der Waals surface area contributed by atoms with E-state index in [9.17, 15) is 19.5 Å².